The highest BCUT2D eigenvalue weighted by Gasteiger charge is 2.42. The van der Waals surface area contributed by atoms with Gasteiger partial charge in [0.25, 0.3) is 0 Å². The van der Waals surface area contributed by atoms with Crippen LogP contribution in [0.3, 0.4) is 0 Å². The lowest BCUT2D eigenvalue weighted by Gasteiger charge is -2.40. The SMILES string of the molecule is Cc1ccc([C@H](CCN2[C@H]3CC[C@H]2CC(n2c(C)nnc2C(C)C)C3)NC(=O)Cn2ncnn2)s1. The van der Waals surface area contributed by atoms with Crippen molar-refractivity contribution in [2.24, 2.45) is 0 Å². The Morgan fingerprint density at radius 3 is 2.54 bits per heavy atom. The zero-order chi connectivity index (χ0) is 24.5. The van der Waals surface area contributed by atoms with Crippen molar-refractivity contribution in [3.63, 3.8) is 0 Å². The molecule has 0 aromatic carbocycles. The molecular formula is C24H35N9OS. The second kappa shape index (κ2) is 10.1. The summed E-state index contributed by atoms with van der Waals surface area (Å²) in [5, 5.41) is 23.6. The van der Waals surface area contributed by atoms with Crippen molar-refractivity contribution >= 4 is 17.2 Å². The van der Waals surface area contributed by atoms with Crippen LogP contribution in [0.1, 0.15) is 85.4 Å². The fraction of sp³-hybridized carbons (Fsp3) is 0.667. The molecule has 10 nitrogen and oxygen atoms in total. The number of hydrogen-bond acceptors (Lipinski definition) is 8. The highest BCUT2D eigenvalue weighted by molar-refractivity contribution is 7.12. The summed E-state index contributed by atoms with van der Waals surface area (Å²) in [5.41, 5.74) is 0. The normalized spacial score (nSPS) is 23.2. The van der Waals surface area contributed by atoms with Crippen molar-refractivity contribution in [3.05, 3.63) is 39.9 Å². The van der Waals surface area contributed by atoms with Crippen LogP contribution < -0.4 is 5.32 Å². The largest absolute Gasteiger partial charge is 0.347 e. The van der Waals surface area contributed by atoms with Crippen LogP contribution in [-0.4, -0.2) is 64.4 Å². The molecule has 3 atom stereocenters. The van der Waals surface area contributed by atoms with E-state index in [0.717, 1.165) is 37.5 Å². The fourth-order valence-corrected chi connectivity index (χ4v) is 6.85. The van der Waals surface area contributed by atoms with Crippen LogP contribution in [0.4, 0.5) is 0 Å². The number of nitrogens with one attached hydrogen (secondary N) is 1. The van der Waals surface area contributed by atoms with Crippen LogP contribution in [0.5, 0.6) is 0 Å². The highest BCUT2D eigenvalue weighted by Crippen LogP contribution is 2.42. The molecule has 2 saturated heterocycles. The van der Waals surface area contributed by atoms with E-state index in [9.17, 15) is 4.79 Å². The van der Waals surface area contributed by atoms with Gasteiger partial charge in [-0.25, -0.2) is 0 Å². The van der Waals surface area contributed by atoms with Crippen LogP contribution in [-0.2, 0) is 11.3 Å². The quantitative estimate of drug-likeness (QED) is 0.484. The molecule has 3 aromatic heterocycles. The molecule has 188 valence electrons. The molecule has 0 saturated carbocycles. The lowest BCUT2D eigenvalue weighted by molar-refractivity contribution is -0.122. The summed E-state index contributed by atoms with van der Waals surface area (Å²) in [7, 11) is 0. The first-order valence-electron chi connectivity index (χ1n) is 12.6. The summed E-state index contributed by atoms with van der Waals surface area (Å²) in [6, 6.07) is 5.86. The minimum atomic E-state index is -0.0926. The average Bonchev–Trinajstić information content (AvgIpc) is 3.60. The van der Waals surface area contributed by atoms with E-state index in [4.69, 9.17) is 0 Å². The molecule has 3 aromatic rings. The first-order valence-corrected chi connectivity index (χ1v) is 13.4. The molecule has 0 radical (unpaired) electrons. The Balaban J connectivity index is 1.25. The van der Waals surface area contributed by atoms with Crippen LogP contribution in [0, 0.1) is 13.8 Å². The number of piperidine rings is 1. The maximum atomic E-state index is 12.7. The number of aryl methyl sites for hydroxylation is 2. The van der Waals surface area contributed by atoms with Crippen LogP contribution in [0.2, 0.25) is 0 Å². The molecule has 1 amide bonds. The maximum Gasteiger partial charge on any atom is 0.244 e. The van der Waals surface area contributed by atoms with E-state index in [1.54, 1.807) is 11.3 Å². The smallest absolute Gasteiger partial charge is 0.244 e. The van der Waals surface area contributed by atoms with Gasteiger partial charge in [0.15, 0.2) is 6.33 Å². The number of carbonyl (C=O) groups is 1. The molecule has 0 spiro atoms. The van der Waals surface area contributed by atoms with Crippen molar-refractivity contribution in [2.75, 3.05) is 6.54 Å². The van der Waals surface area contributed by atoms with Crippen LogP contribution >= 0.6 is 11.3 Å². The molecular weight excluding hydrogens is 462 g/mol. The minimum Gasteiger partial charge on any atom is -0.347 e. The molecule has 2 fully saturated rings. The summed E-state index contributed by atoms with van der Waals surface area (Å²) in [4.78, 5) is 19.2. The lowest BCUT2D eigenvalue weighted by atomic mass is 9.95. The molecule has 35 heavy (non-hydrogen) atoms. The summed E-state index contributed by atoms with van der Waals surface area (Å²) >= 11 is 1.75. The molecule has 2 aliphatic rings. The number of nitrogens with zero attached hydrogens (tertiary/aromatic N) is 8. The Morgan fingerprint density at radius 1 is 1.14 bits per heavy atom. The van der Waals surface area contributed by atoms with Gasteiger partial charge in [0.2, 0.25) is 5.91 Å². The van der Waals surface area contributed by atoms with Gasteiger partial charge in [-0.05, 0) is 63.3 Å². The van der Waals surface area contributed by atoms with Crippen molar-refractivity contribution in [2.45, 2.75) is 96.4 Å². The minimum absolute atomic E-state index is 0.0190. The van der Waals surface area contributed by atoms with Crippen molar-refractivity contribution in [1.82, 2.24) is 45.2 Å². The molecule has 2 aliphatic heterocycles. The van der Waals surface area contributed by atoms with Gasteiger partial charge >= 0.3 is 0 Å². The number of amides is 1. The summed E-state index contributed by atoms with van der Waals surface area (Å²) in [5.74, 6) is 2.42. The zero-order valence-corrected chi connectivity index (χ0v) is 21.8. The number of carbonyl (C=O) groups excluding carboxylic acids is 1. The number of fused-ring (bicyclic) bond motifs is 2. The number of thiophene rings is 1. The van der Waals surface area contributed by atoms with Gasteiger partial charge in [0.05, 0.1) is 6.04 Å². The van der Waals surface area contributed by atoms with Crippen molar-refractivity contribution in [1.29, 1.82) is 0 Å². The number of tetrazole rings is 1. The molecule has 0 aliphatic carbocycles. The Kier molecular flexibility index (Phi) is 6.97. The maximum absolute atomic E-state index is 12.7. The molecule has 1 N–H and O–H groups in total. The van der Waals surface area contributed by atoms with Crippen LogP contribution in [0.15, 0.2) is 18.5 Å². The number of aromatic nitrogens is 7. The van der Waals surface area contributed by atoms with E-state index in [1.165, 1.54) is 33.7 Å². The van der Waals surface area contributed by atoms with Gasteiger partial charge in [0.1, 0.15) is 18.2 Å². The third kappa shape index (κ3) is 5.16. The lowest BCUT2D eigenvalue weighted by Crippen LogP contribution is -2.45. The van der Waals surface area contributed by atoms with E-state index < -0.39 is 0 Å². The van der Waals surface area contributed by atoms with Crippen molar-refractivity contribution in [3.8, 4) is 0 Å². The van der Waals surface area contributed by atoms with Crippen LogP contribution in [0.25, 0.3) is 0 Å². The van der Waals surface area contributed by atoms with Gasteiger partial charge in [-0.1, -0.05) is 13.8 Å². The molecule has 11 heteroatoms. The molecule has 5 rings (SSSR count). The predicted octanol–water partition coefficient (Wildman–Crippen LogP) is 3.18. The first-order chi connectivity index (χ1) is 16.9. The third-order valence-corrected chi connectivity index (χ3v) is 8.54. The third-order valence-electron chi connectivity index (χ3n) is 7.43. The second-order valence-electron chi connectivity index (χ2n) is 10.2. The highest BCUT2D eigenvalue weighted by atomic mass is 32.1. The monoisotopic (exact) mass is 497 g/mol. The van der Waals surface area contributed by atoms with Gasteiger partial charge in [-0.15, -0.1) is 31.7 Å². The topological polar surface area (TPSA) is 107 Å². The summed E-state index contributed by atoms with van der Waals surface area (Å²) in [6.07, 6.45) is 7.00. The van der Waals surface area contributed by atoms with E-state index in [1.807, 2.05) is 0 Å². The van der Waals surface area contributed by atoms with Gasteiger partial charge < -0.3 is 9.88 Å². The van der Waals surface area contributed by atoms with E-state index >= 15 is 0 Å². The zero-order valence-electron chi connectivity index (χ0n) is 21.0. The Morgan fingerprint density at radius 2 is 1.91 bits per heavy atom. The Labute approximate surface area is 210 Å². The fourth-order valence-electron chi connectivity index (χ4n) is 5.89. The van der Waals surface area contributed by atoms with E-state index in [2.05, 4.69) is 80.2 Å². The van der Waals surface area contributed by atoms with E-state index in [0.29, 0.717) is 24.0 Å². The van der Waals surface area contributed by atoms with Gasteiger partial charge in [-0.3, -0.25) is 9.69 Å². The number of rotatable bonds is 9. The molecule has 0 unspecified atom stereocenters. The van der Waals surface area contributed by atoms with E-state index in [-0.39, 0.29) is 18.5 Å². The molecule has 5 heterocycles. The predicted molar refractivity (Wildman–Crippen MR) is 133 cm³/mol. The molecule has 2 bridgehead atoms. The number of hydrogen-bond donors (Lipinski definition) is 1. The summed E-state index contributed by atoms with van der Waals surface area (Å²) in [6.45, 7) is 9.64. The van der Waals surface area contributed by atoms with Gasteiger partial charge in [-0.2, -0.15) is 4.80 Å². The van der Waals surface area contributed by atoms with Crippen molar-refractivity contribution < 1.29 is 4.79 Å². The Bertz CT molecular complexity index is 1120. The summed E-state index contributed by atoms with van der Waals surface area (Å²) < 4.78 is 2.41. The first kappa shape index (κ1) is 24.1. The average molecular weight is 498 g/mol. The van der Waals surface area contributed by atoms with Gasteiger partial charge in [0, 0.05) is 40.3 Å². The second-order valence-corrected chi connectivity index (χ2v) is 11.5. The standard InChI is InChI=1S/C24H35N9OS/c1-15(2)24-29-28-17(4)33(24)20-11-18-6-7-19(12-20)31(18)10-9-21(22-8-5-16(3)35-22)27-23(34)13-32-26-14-25-30-32/h5,8,14-15,18-21H,6-7,9-13H2,1-4H3,(H,27,34)/t18-,19-,21-/m0/s1. The Hall–Kier alpha value is -2.66.